The van der Waals surface area contributed by atoms with Gasteiger partial charge >= 0.3 is 7.12 Å². The van der Waals surface area contributed by atoms with Gasteiger partial charge in [-0.25, -0.2) is 0 Å². The van der Waals surface area contributed by atoms with Crippen LogP contribution in [0.1, 0.15) is 46.5 Å². The average molecular weight is 474 g/mol. The average Bonchev–Trinajstić information content (AvgIpc) is 2.85. The summed E-state index contributed by atoms with van der Waals surface area (Å²) in [6.07, 6.45) is 5.13. The van der Waals surface area contributed by atoms with Crippen LogP contribution in [0, 0.1) is 17.3 Å². The third-order valence-electron chi connectivity index (χ3n) is 7.69. The molecule has 2 bridgehead atoms. The molecular formula is C20H41BBrNO2Si2. The van der Waals surface area contributed by atoms with Gasteiger partial charge in [-0.15, -0.1) is 0 Å². The largest absolute Gasteiger partial charge is 0.474 e. The second-order valence-electron chi connectivity index (χ2n) is 11.9. The quantitative estimate of drug-likeness (QED) is 0.346. The molecule has 5 atom stereocenters. The topological polar surface area (TPSA) is 21.7 Å². The Labute approximate surface area is 178 Å². The Morgan fingerprint density at radius 2 is 1.67 bits per heavy atom. The van der Waals surface area contributed by atoms with Gasteiger partial charge in [-0.05, 0) is 49.9 Å². The monoisotopic (exact) mass is 473 g/mol. The number of nitrogens with zero attached hydrogens (tertiary/aromatic N) is 1. The lowest BCUT2D eigenvalue weighted by atomic mass is 9.43. The van der Waals surface area contributed by atoms with Gasteiger partial charge in [0.2, 0.25) is 0 Å². The Morgan fingerprint density at radius 3 is 2.15 bits per heavy atom. The van der Waals surface area contributed by atoms with E-state index >= 15 is 0 Å². The van der Waals surface area contributed by atoms with Crippen LogP contribution in [0.15, 0.2) is 0 Å². The van der Waals surface area contributed by atoms with Crippen LogP contribution in [0.5, 0.6) is 0 Å². The Morgan fingerprint density at radius 1 is 1.07 bits per heavy atom. The summed E-state index contributed by atoms with van der Waals surface area (Å²) in [5, 5.41) is 1.06. The van der Waals surface area contributed by atoms with Crippen molar-refractivity contribution in [2.45, 2.75) is 103 Å². The minimum absolute atomic E-state index is 0.0624. The third-order valence-corrected chi connectivity index (χ3v) is 15.8. The van der Waals surface area contributed by atoms with Crippen LogP contribution < -0.4 is 0 Å². The Hall–Kier alpha value is 0.859. The van der Waals surface area contributed by atoms with Crippen molar-refractivity contribution in [2.24, 2.45) is 17.3 Å². The highest BCUT2D eigenvalue weighted by Crippen LogP contribution is 2.65. The molecule has 0 aromatic heterocycles. The van der Waals surface area contributed by atoms with Crippen LogP contribution in [0.4, 0.5) is 0 Å². The van der Waals surface area contributed by atoms with Crippen LogP contribution in [0.25, 0.3) is 0 Å². The summed E-state index contributed by atoms with van der Waals surface area (Å²) >= 11 is 3.66. The molecule has 4 aliphatic rings. The van der Waals surface area contributed by atoms with Gasteiger partial charge < -0.3 is 13.5 Å². The van der Waals surface area contributed by atoms with Crippen molar-refractivity contribution in [3.8, 4) is 0 Å². The molecule has 3 nitrogen and oxygen atoms in total. The van der Waals surface area contributed by atoms with Crippen LogP contribution in [-0.2, 0) is 9.31 Å². The summed E-state index contributed by atoms with van der Waals surface area (Å²) in [6, 6.07) is 0. The van der Waals surface area contributed by atoms with Crippen molar-refractivity contribution < 1.29 is 9.31 Å². The molecule has 4 fully saturated rings. The number of hydrogen-bond donors (Lipinski definition) is 0. The predicted molar refractivity (Wildman–Crippen MR) is 125 cm³/mol. The molecule has 0 N–H and O–H groups in total. The second-order valence-corrected chi connectivity index (χ2v) is 22.8. The van der Waals surface area contributed by atoms with E-state index in [1.807, 2.05) is 0 Å². The molecular weight excluding hydrogens is 433 g/mol. The number of hydrogen-bond acceptors (Lipinski definition) is 3. The smallest absolute Gasteiger partial charge is 0.404 e. The number of alkyl halides is 1. The van der Waals surface area contributed by atoms with E-state index < -0.39 is 16.5 Å². The molecule has 3 saturated carbocycles. The minimum Gasteiger partial charge on any atom is -0.404 e. The summed E-state index contributed by atoms with van der Waals surface area (Å²) in [5.41, 5.74) is 0.312. The third kappa shape index (κ3) is 3.83. The highest BCUT2D eigenvalue weighted by Gasteiger charge is 2.69. The highest BCUT2D eigenvalue weighted by molar-refractivity contribution is 9.09. The van der Waals surface area contributed by atoms with E-state index in [4.69, 9.17) is 9.31 Å². The van der Waals surface area contributed by atoms with E-state index in [-0.39, 0.29) is 18.8 Å². The second kappa shape index (κ2) is 7.22. The van der Waals surface area contributed by atoms with Crippen molar-refractivity contribution in [3.63, 3.8) is 0 Å². The summed E-state index contributed by atoms with van der Waals surface area (Å²) in [5.74, 6) is 1.85. The lowest BCUT2D eigenvalue weighted by Gasteiger charge is -2.64. The van der Waals surface area contributed by atoms with E-state index in [0.717, 1.165) is 17.7 Å². The summed E-state index contributed by atoms with van der Waals surface area (Å²) in [7, 11) is -3.04. The van der Waals surface area contributed by atoms with Crippen LogP contribution in [-0.4, -0.2) is 50.8 Å². The van der Waals surface area contributed by atoms with Crippen molar-refractivity contribution >= 4 is 39.5 Å². The van der Waals surface area contributed by atoms with Gasteiger partial charge in [0, 0.05) is 11.3 Å². The van der Waals surface area contributed by atoms with Gasteiger partial charge in [0.1, 0.15) is 16.5 Å². The van der Waals surface area contributed by atoms with Crippen LogP contribution >= 0.6 is 15.9 Å². The first-order valence-electron chi connectivity index (χ1n) is 10.9. The van der Waals surface area contributed by atoms with Crippen molar-refractivity contribution in [1.82, 2.24) is 4.23 Å². The first-order valence-corrected chi connectivity index (χ1v) is 18.9. The molecule has 3 aliphatic carbocycles. The molecule has 4 rings (SSSR count). The number of halogens is 1. The Kier molecular flexibility index (Phi) is 6.03. The zero-order valence-electron chi connectivity index (χ0n) is 19.1. The Balaban J connectivity index is 1.89. The van der Waals surface area contributed by atoms with E-state index in [1.54, 1.807) is 0 Å². The number of rotatable bonds is 7. The van der Waals surface area contributed by atoms with Crippen LogP contribution in [0.2, 0.25) is 39.3 Å². The molecule has 7 heteroatoms. The molecule has 1 aliphatic heterocycles. The van der Waals surface area contributed by atoms with Gasteiger partial charge in [0.15, 0.2) is 0 Å². The molecule has 0 aromatic carbocycles. The molecule has 0 amide bonds. The van der Waals surface area contributed by atoms with Gasteiger partial charge in [0.25, 0.3) is 0 Å². The Bertz CT molecular complexity index is 551. The van der Waals surface area contributed by atoms with Crippen molar-refractivity contribution in [1.29, 1.82) is 0 Å². The maximum Gasteiger partial charge on any atom is 0.474 e. The summed E-state index contributed by atoms with van der Waals surface area (Å²) in [4.78, 5) is 0. The van der Waals surface area contributed by atoms with Gasteiger partial charge in [0.05, 0.1) is 11.7 Å². The first-order chi connectivity index (χ1) is 12.2. The summed E-state index contributed by atoms with van der Waals surface area (Å²) < 4.78 is 16.6. The summed E-state index contributed by atoms with van der Waals surface area (Å²) in [6.45, 7) is 22.2. The molecule has 0 aromatic rings. The SMILES string of the molecule is CC1(C)[C@@H]2C[C@H]3OB([C@H](CCCBr)N([Si](C)(C)C)[Si](C)(C)C)O[C@@]3(C)[C@H]1C2. The fourth-order valence-electron chi connectivity index (χ4n) is 6.74. The highest BCUT2D eigenvalue weighted by atomic mass is 79.9. The lowest BCUT2D eigenvalue weighted by molar-refractivity contribution is -0.199. The maximum absolute atomic E-state index is 6.93. The van der Waals surface area contributed by atoms with Crippen molar-refractivity contribution in [2.75, 3.05) is 5.33 Å². The van der Waals surface area contributed by atoms with Crippen LogP contribution in [0.3, 0.4) is 0 Å². The van der Waals surface area contributed by atoms with Crippen molar-refractivity contribution in [3.05, 3.63) is 0 Å². The first kappa shape index (κ1) is 22.5. The molecule has 1 saturated heterocycles. The molecule has 156 valence electrons. The molecule has 1 heterocycles. The van der Waals surface area contributed by atoms with Gasteiger partial charge in [-0.2, -0.15) is 0 Å². The molecule has 0 unspecified atom stereocenters. The maximum atomic E-state index is 6.93. The van der Waals surface area contributed by atoms with E-state index in [0.29, 0.717) is 17.3 Å². The van der Waals surface area contributed by atoms with Gasteiger partial charge in [-0.1, -0.05) is 69.1 Å². The molecule has 0 spiro atoms. The normalized spacial score (nSPS) is 36.6. The zero-order valence-corrected chi connectivity index (χ0v) is 22.6. The van der Waals surface area contributed by atoms with E-state index in [1.165, 1.54) is 19.3 Å². The minimum atomic E-state index is -1.49. The fourth-order valence-corrected chi connectivity index (χ4v) is 17.6. The molecule has 0 radical (unpaired) electrons. The lowest BCUT2D eigenvalue weighted by Crippen LogP contribution is -2.67. The standard InChI is InChI=1S/C20H41BBrNO2Si2/c1-19(2)15-13-16(19)20(3)17(14-15)24-21(25-20)18(11-10-12-22)23(26(4,5)6)27(7,8)9/h15-18H,10-14H2,1-9H3/t15-,16-,17+,18-,20-/m0/s1. The predicted octanol–water partition coefficient (Wildman–Crippen LogP) is 5.77. The zero-order chi connectivity index (χ0) is 20.4. The van der Waals surface area contributed by atoms with Gasteiger partial charge in [-0.3, -0.25) is 0 Å². The fraction of sp³-hybridized carbons (Fsp3) is 1.00. The van der Waals surface area contributed by atoms with E-state index in [2.05, 4.69) is 80.2 Å². The van der Waals surface area contributed by atoms with E-state index in [9.17, 15) is 0 Å². The molecule has 27 heavy (non-hydrogen) atoms.